The van der Waals surface area contributed by atoms with Crippen molar-refractivity contribution >= 4 is 46.5 Å². The Morgan fingerprint density at radius 3 is 2.52 bits per heavy atom. The van der Waals surface area contributed by atoms with Crippen molar-refractivity contribution in [2.75, 3.05) is 23.3 Å². The Hall–Kier alpha value is -2.31. The molecule has 23 heavy (non-hydrogen) atoms. The van der Waals surface area contributed by atoms with E-state index in [9.17, 15) is 9.59 Å². The number of amides is 3. The van der Waals surface area contributed by atoms with Gasteiger partial charge in [0.2, 0.25) is 0 Å². The minimum absolute atomic E-state index is 0.0420. The van der Waals surface area contributed by atoms with E-state index in [-0.39, 0.29) is 27.8 Å². The first kappa shape index (κ1) is 15.6. The van der Waals surface area contributed by atoms with Crippen LogP contribution < -0.4 is 15.5 Å². The number of anilines is 2. The molecular weight excluding hydrogens is 339 g/mol. The van der Waals surface area contributed by atoms with E-state index in [0.29, 0.717) is 18.8 Å². The highest BCUT2D eigenvalue weighted by atomic mass is 35.5. The zero-order valence-electron chi connectivity index (χ0n) is 11.8. The Balaban J connectivity index is 1.73. The smallest absolute Gasteiger partial charge is 0.321 e. The molecule has 0 spiro atoms. The summed E-state index contributed by atoms with van der Waals surface area (Å²) in [6, 6.07) is 9.85. The van der Waals surface area contributed by atoms with E-state index in [1.807, 2.05) is 0 Å². The standard InChI is InChI=1S/C15H12Cl2N4O2/c16-12-6-5-11(13(17)20-12)14(22)19-9-1-3-10(4-2-9)21-8-7-18-15(21)23/h1-6H,7-8H2,(H,18,23)(H,19,22). The molecule has 8 heteroatoms. The van der Waals surface area contributed by atoms with Crippen LogP contribution >= 0.6 is 23.2 Å². The van der Waals surface area contributed by atoms with Crippen LogP contribution in [0.4, 0.5) is 16.2 Å². The van der Waals surface area contributed by atoms with Crippen LogP contribution in [0.3, 0.4) is 0 Å². The Kier molecular flexibility index (Phi) is 4.36. The first-order chi connectivity index (χ1) is 11.0. The van der Waals surface area contributed by atoms with E-state index in [2.05, 4.69) is 15.6 Å². The quantitative estimate of drug-likeness (QED) is 0.834. The molecule has 6 nitrogen and oxygen atoms in total. The Labute approximate surface area is 142 Å². The molecule has 0 radical (unpaired) electrons. The van der Waals surface area contributed by atoms with Crippen molar-refractivity contribution in [3.8, 4) is 0 Å². The zero-order valence-corrected chi connectivity index (χ0v) is 13.4. The molecule has 0 bridgehead atoms. The molecular formula is C15H12Cl2N4O2. The van der Waals surface area contributed by atoms with Gasteiger partial charge >= 0.3 is 6.03 Å². The van der Waals surface area contributed by atoms with Gasteiger partial charge in [-0.15, -0.1) is 0 Å². The van der Waals surface area contributed by atoms with Crippen LogP contribution in [0.5, 0.6) is 0 Å². The summed E-state index contributed by atoms with van der Waals surface area (Å²) < 4.78 is 0. The van der Waals surface area contributed by atoms with Gasteiger partial charge in [0.05, 0.1) is 5.56 Å². The summed E-state index contributed by atoms with van der Waals surface area (Å²) >= 11 is 11.6. The van der Waals surface area contributed by atoms with Crippen LogP contribution in [0.2, 0.25) is 10.3 Å². The van der Waals surface area contributed by atoms with Crippen LogP contribution in [0.25, 0.3) is 0 Å². The first-order valence-corrected chi connectivity index (χ1v) is 7.59. The maximum Gasteiger partial charge on any atom is 0.321 e. The normalized spacial score (nSPS) is 13.8. The van der Waals surface area contributed by atoms with Crippen molar-refractivity contribution in [1.82, 2.24) is 10.3 Å². The molecule has 0 atom stereocenters. The van der Waals surface area contributed by atoms with Crippen molar-refractivity contribution in [3.63, 3.8) is 0 Å². The van der Waals surface area contributed by atoms with Crippen LogP contribution in [0.1, 0.15) is 10.4 Å². The first-order valence-electron chi connectivity index (χ1n) is 6.83. The highest BCUT2D eigenvalue weighted by Gasteiger charge is 2.21. The fraction of sp³-hybridized carbons (Fsp3) is 0.133. The Morgan fingerprint density at radius 1 is 1.17 bits per heavy atom. The van der Waals surface area contributed by atoms with Crippen molar-refractivity contribution in [2.24, 2.45) is 0 Å². The van der Waals surface area contributed by atoms with Gasteiger partial charge in [0.1, 0.15) is 10.3 Å². The third-order valence-corrected chi connectivity index (χ3v) is 3.85. The zero-order chi connectivity index (χ0) is 16.4. The summed E-state index contributed by atoms with van der Waals surface area (Å²) in [6.07, 6.45) is 0. The monoisotopic (exact) mass is 350 g/mol. The predicted molar refractivity (Wildman–Crippen MR) is 89.4 cm³/mol. The number of carbonyl (C=O) groups is 2. The molecule has 0 saturated carbocycles. The molecule has 3 rings (SSSR count). The summed E-state index contributed by atoms with van der Waals surface area (Å²) in [5, 5.41) is 5.72. The number of nitrogens with zero attached hydrogens (tertiary/aromatic N) is 2. The molecule has 0 aliphatic carbocycles. The summed E-state index contributed by atoms with van der Waals surface area (Å²) in [7, 11) is 0. The third-order valence-electron chi connectivity index (χ3n) is 3.35. The van der Waals surface area contributed by atoms with Crippen molar-refractivity contribution in [1.29, 1.82) is 0 Å². The van der Waals surface area contributed by atoms with E-state index < -0.39 is 0 Å². The average Bonchev–Trinajstić information content (AvgIpc) is 2.94. The molecule has 2 aromatic rings. The average molecular weight is 351 g/mol. The fourth-order valence-corrected chi connectivity index (χ4v) is 2.65. The van der Waals surface area contributed by atoms with Gasteiger partial charge in [-0.2, -0.15) is 0 Å². The maximum absolute atomic E-state index is 12.2. The number of aromatic nitrogens is 1. The predicted octanol–water partition coefficient (Wildman–Crippen LogP) is 3.17. The van der Waals surface area contributed by atoms with Gasteiger partial charge in [0.15, 0.2) is 0 Å². The molecule has 1 fully saturated rings. The van der Waals surface area contributed by atoms with Gasteiger partial charge in [-0.3, -0.25) is 9.69 Å². The summed E-state index contributed by atoms with van der Waals surface area (Å²) in [5.74, 6) is -0.383. The SMILES string of the molecule is O=C(Nc1ccc(N2CCNC2=O)cc1)c1ccc(Cl)nc1Cl. The largest absolute Gasteiger partial charge is 0.336 e. The number of carbonyl (C=O) groups excluding carboxylic acids is 2. The number of pyridine rings is 1. The van der Waals surface area contributed by atoms with Gasteiger partial charge in [-0.25, -0.2) is 9.78 Å². The van der Waals surface area contributed by atoms with E-state index in [0.717, 1.165) is 5.69 Å². The molecule has 1 aliphatic rings. The molecule has 118 valence electrons. The number of hydrogen-bond donors (Lipinski definition) is 2. The lowest BCUT2D eigenvalue weighted by atomic mass is 10.2. The van der Waals surface area contributed by atoms with E-state index in [1.165, 1.54) is 12.1 Å². The molecule has 1 aromatic heterocycles. The Morgan fingerprint density at radius 2 is 1.91 bits per heavy atom. The topological polar surface area (TPSA) is 74.3 Å². The van der Waals surface area contributed by atoms with Crippen molar-refractivity contribution in [3.05, 3.63) is 52.3 Å². The second kappa shape index (κ2) is 6.44. The van der Waals surface area contributed by atoms with Crippen LogP contribution in [-0.4, -0.2) is 30.0 Å². The second-order valence-electron chi connectivity index (χ2n) is 4.86. The van der Waals surface area contributed by atoms with Gasteiger partial charge in [0.25, 0.3) is 5.91 Å². The van der Waals surface area contributed by atoms with Crippen molar-refractivity contribution in [2.45, 2.75) is 0 Å². The fourth-order valence-electron chi connectivity index (χ4n) is 2.22. The molecule has 2 heterocycles. The molecule has 1 saturated heterocycles. The van der Waals surface area contributed by atoms with Crippen molar-refractivity contribution < 1.29 is 9.59 Å². The summed E-state index contributed by atoms with van der Waals surface area (Å²) in [6.45, 7) is 1.25. The lowest BCUT2D eigenvalue weighted by Gasteiger charge is -2.14. The minimum atomic E-state index is -0.383. The van der Waals surface area contributed by atoms with Gasteiger partial charge < -0.3 is 10.6 Å². The number of urea groups is 1. The maximum atomic E-state index is 12.2. The van der Waals surface area contributed by atoms with Crippen LogP contribution in [0, 0.1) is 0 Å². The second-order valence-corrected chi connectivity index (χ2v) is 5.60. The Bertz CT molecular complexity index is 765. The number of nitrogens with one attached hydrogen (secondary N) is 2. The lowest BCUT2D eigenvalue weighted by Crippen LogP contribution is -2.27. The number of benzene rings is 1. The summed E-state index contributed by atoms with van der Waals surface area (Å²) in [4.78, 5) is 29.2. The molecule has 1 aliphatic heterocycles. The van der Waals surface area contributed by atoms with E-state index >= 15 is 0 Å². The van der Waals surface area contributed by atoms with E-state index in [1.54, 1.807) is 29.2 Å². The van der Waals surface area contributed by atoms with Gasteiger partial charge in [-0.1, -0.05) is 23.2 Å². The number of halogens is 2. The molecule has 0 unspecified atom stereocenters. The minimum Gasteiger partial charge on any atom is -0.336 e. The van der Waals surface area contributed by atoms with Crippen LogP contribution in [0.15, 0.2) is 36.4 Å². The molecule has 3 amide bonds. The molecule has 1 aromatic carbocycles. The van der Waals surface area contributed by atoms with E-state index in [4.69, 9.17) is 23.2 Å². The lowest BCUT2D eigenvalue weighted by molar-refractivity contribution is 0.102. The van der Waals surface area contributed by atoms with Crippen LogP contribution in [-0.2, 0) is 0 Å². The third kappa shape index (κ3) is 3.38. The number of hydrogen-bond acceptors (Lipinski definition) is 3. The molecule has 2 N–H and O–H groups in total. The highest BCUT2D eigenvalue weighted by Crippen LogP contribution is 2.21. The highest BCUT2D eigenvalue weighted by molar-refractivity contribution is 6.35. The number of rotatable bonds is 3. The van der Waals surface area contributed by atoms with Gasteiger partial charge in [-0.05, 0) is 36.4 Å². The summed E-state index contributed by atoms with van der Waals surface area (Å²) in [5.41, 5.74) is 1.59. The van der Waals surface area contributed by atoms with Gasteiger partial charge in [0, 0.05) is 24.5 Å².